The summed E-state index contributed by atoms with van der Waals surface area (Å²) in [6, 6.07) is 0. The van der Waals surface area contributed by atoms with E-state index in [0.29, 0.717) is 11.8 Å². The number of rotatable bonds is 2. The molecule has 0 aliphatic carbocycles. The van der Waals surface area contributed by atoms with Gasteiger partial charge in [0.05, 0.1) is 28.6 Å². The minimum Gasteiger partial charge on any atom is -0.373 e. The molecule has 0 N–H and O–H groups in total. The van der Waals surface area contributed by atoms with E-state index in [9.17, 15) is 0 Å². The molecule has 1 saturated heterocycles. The van der Waals surface area contributed by atoms with E-state index < -0.39 is 0 Å². The molecule has 2 rings (SSSR count). The zero-order valence-electron chi connectivity index (χ0n) is 5.88. The van der Waals surface area contributed by atoms with E-state index in [1.807, 2.05) is 0 Å². The van der Waals surface area contributed by atoms with Crippen molar-refractivity contribution in [2.75, 3.05) is 6.61 Å². The van der Waals surface area contributed by atoms with Gasteiger partial charge in [-0.25, -0.2) is 0 Å². The number of hydrogen-bond donors (Lipinski definition) is 0. The van der Waals surface area contributed by atoms with E-state index >= 15 is 0 Å². The Hall–Kier alpha value is -0.480. The van der Waals surface area contributed by atoms with Crippen LogP contribution in [0.4, 0.5) is 0 Å². The first-order valence-electron chi connectivity index (χ1n) is 3.38. The number of azo groups is 1. The predicted molar refractivity (Wildman–Crippen MR) is 44.3 cm³/mol. The molecule has 0 amide bonds. The molecule has 0 aromatic heterocycles. The summed E-state index contributed by atoms with van der Waals surface area (Å²) in [5.41, 5.74) is 1.66. The quantitative estimate of drug-likeness (QED) is 0.651. The van der Waals surface area contributed by atoms with Gasteiger partial charge >= 0.3 is 0 Å². The fourth-order valence-corrected chi connectivity index (χ4v) is 1.23. The Morgan fingerprint density at radius 3 is 2.82 bits per heavy atom. The van der Waals surface area contributed by atoms with Crippen LogP contribution in [0.2, 0.25) is 0 Å². The lowest BCUT2D eigenvalue weighted by molar-refractivity contribution is 0.406. The number of hydrogen-bond acceptors (Lipinski definition) is 3. The van der Waals surface area contributed by atoms with Gasteiger partial charge in [0.25, 0.3) is 0 Å². The van der Waals surface area contributed by atoms with Crippen LogP contribution in [0, 0.1) is 0 Å². The first-order valence-corrected chi connectivity index (χ1v) is 4.18. The first-order chi connectivity index (χ1) is 5.27. The van der Waals surface area contributed by atoms with E-state index in [2.05, 4.69) is 32.7 Å². The summed E-state index contributed by atoms with van der Waals surface area (Å²) in [6.07, 6.45) is 1.21. The average molecular weight is 215 g/mol. The highest BCUT2D eigenvalue weighted by Gasteiger charge is 2.26. The van der Waals surface area contributed by atoms with Crippen molar-refractivity contribution in [3.8, 4) is 0 Å². The molecular formula is C7H7BrN2O. The maximum Gasteiger partial charge on any atom is 0.0946 e. The highest BCUT2D eigenvalue weighted by molar-refractivity contribution is 9.12. The van der Waals surface area contributed by atoms with Gasteiger partial charge in [-0.05, 0) is 15.9 Å². The lowest BCUT2D eigenvalue weighted by Gasteiger charge is -1.92. The van der Waals surface area contributed by atoms with E-state index in [4.69, 9.17) is 4.74 Å². The third-order valence-corrected chi connectivity index (χ3v) is 2.54. The van der Waals surface area contributed by atoms with Crippen molar-refractivity contribution < 1.29 is 4.74 Å². The molecule has 2 aliphatic heterocycles. The topological polar surface area (TPSA) is 37.2 Å². The van der Waals surface area contributed by atoms with Crippen molar-refractivity contribution in [3.63, 3.8) is 0 Å². The predicted octanol–water partition coefficient (Wildman–Crippen LogP) is 2.36. The summed E-state index contributed by atoms with van der Waals surface area (Å²) in [4.78, 5) is 0. The molecule has 0 bridgehead atoms. The first kappa shape index (κ1) is 7.18. The van der Waals surface area contributed by atoms with Crippen LogP contribution in [0.3, 0.4) is 0 Å². The SMILES string of the molecule is C=C1N=NC(CC2CO2)=C1Br. The summed E-state index contributed by atoms with van der Waals surface area (Å²) < 4.78 is 5.99. The lowest BCUT2D eigenvalue weighted by Crippen LogP contribution is -1.87. The molecule has 2 heterocycles. The summed E-state index contributed by atoms with van der Waals surface area (Å²) >= 11 is 3.36. The zero-order chi connectivity index (χ0) is 7.84. The maximum absolute atomic E-state index is 5.07. The van der Waals surface area contributed by atoms with Gasteiger partial charge in [0.2, 0.25) is 0 Å². The highest BCUT2D eigenvalue weighted by Crippen LogP contribution is 2.33. The minimum atomic E-state index is 0.363. The van der Waals surface area contributed by atoms with Gasteiger partial charge in [0.15, 0.2) is 0 Å². The average Bonchev–Trinajstić information content (AvgIpc) is 2.74. The maximum atomic E-state index is 5.07. The fraction of sp³-hybridized carbons (Fsp3) is 0.429. The van der Waals surface area contributed by atoms with Gasteiger partial charge < -0.3 is 4.74 Å². The third kappa shape index (κ3) is 1.41. The second-order valence-electron chi connectivity index (χ2n) is 2.57. The minimum absolute atomic E-state index is 0.363. The van der Waals surface area contributed by atoms with Crippen LogP contribution in [0.5, 0.6) is 0 Å². The van der Waals surface area contributed by atoms with Crippen molar-refractivity contribution in [2.45, 2.75) is 12.5 Å². The Labute approximate surface area is 73.0 Å². The van der Waals surface area contributed by atoms with Crippen LogP contribution in [-0.2, 0) is 4.74 Å². The van der Waals surface area contributed by atoms with Crippen LogP contribution in [0.15, 0.2) is 32.7 Å². The molecule has 58 valence electrons. The molecule has 0 aromatic rings. The summed E-state index contributed by atoms with van der Waals surface area (Å²) in [5.74, 6) is 0. The molecule has 0 radical (unpaired) electrons. The molecule has 0 saturated carbocycles. The van der Waals surface area contributed by atoms with Crippen LogP contribution in [-0.4, -0.2) is 12.7 Å². The van der Waals surface area contributed by atoms with Crippen molar-refractivity contribution in [1.29, 1.82) is 0 Å². The van der Waals surface area contributed by atoms with Crippen molar-refractivity contribution in [3.05, 3.63) is 22.5 Å². The standard InChI is InChI=1S/C7H7BrN2O/c1-4-7(8)6(10-9-4)2-5-3-11-5/h5H,1-3H2. The van der Waals surface area contributed by atoms with Gasteiger partial charge in [0, 0.05) is 6.42 Å². The number of epoxide rings is 1. The molecule has 1 fully saturated rings. The Bertz CT molecular complexity index is 266. The van der Waals surface area contributed by atoms with Crippen LogP contribution in [0.25, 0.3) is 0 Å². The van der Waals surface area contributed by atoms with Crippen molar-refractivity contribution in [1.82, 2.24) is 0 Å². The second kappa shape index (κ2) is 2.53. The van der Waals surface area contributed by atoms with Gasteiger partial charge in [-0.1, -0.05) is 6.58 Å². The van der Waals surface area contributed by atoms with Crippen molar-refractivity contribution >= 4 is 15.9 Å². The number of halogens is 1. The van der Waals surface area contributed by atoms with Crippen LogP contribution < -0.4 is 0 Å². The Morgan fingerprint density at radius 2 is 2.36 bits per heavy atom. The third-order valence-electron chi connectivity index (χ3n) is 1.62. The van der Waals surface area contributed by atoms with Crippen LogP contribution in [0.1, 0.15) is 6.42 Å². The van der Waals surface area contributed by atoms with Gasteiger partial charge in [-0.2, -0.15) is 10.2 Å². The van der Waals surface area contributed by atoms with E-state index in [1.54, 1.807) is 0 Å². The molecule has 2 aliphatic rings. The highest BCUT2D eigenvalue weighted by atomic mass is 79.9. The molecule has 11 heavy (non-hydrogen) atoms. The van der Waals surface area contributed by atoms with E-state index in [1.165, 1.54) is 0 Å². The molecule has 3 nitrogen and oxygen atoms in total. The molecule has 1 unspecified atom stereocenters. The van der Waals surface area contributed by atoms with E-state index in [0.717, 1.165) is 23.2 Å². The molecule has 0 spiro atoms. The van der Waals surface area contributed by atoms with Gasteiger partial charge in [0.1, 0.15) is 0 Å². The molecule has 4 heteroatoms. The zero-order valence-corrected chi connectivity index (χ0v) is 7.47. The van der Waals surface area contributed by atoms with E-state index in [-0.39, 0.29) is 0 Å². The Kier molecular flexibility index (Phi) is 1.65. The normalized spacial score (nSPS) is 28.5. The second-order valence-corrected chi connectivity index (χ2v) is 3.36. The number of allylic oxidation sites excluding steroid dienone is 1. The Morgan fingerprint density at radius 1 is 1.64 bits per heavy atom. The van der Waals surface area contributed by atoms with Gasteiger partial charge in [-0.15, -0.1) is 0 Å². The largest absolute Gasteiger partial charge is 0.373 e. The molecule has 0 aromatic carbocycles. The van der Waals surface area contributed by atoms with Crippen LogP contribution >= 0.6 is 15.9 Å². The van der Waals surface area contributed by atoms with Crippen molar-refractivity contribution in [2.24, 2.45) is 10.2 Å². The summed E-state index contributed by atoms with van der Waals surface area (Å²) in [5, 5.41) is 7.79. The Balaban J connectivity index is 2.11. The number of nitrogens with zero attached hydrogens (tertiary/aromatic N) is 2. The molecule has 1 atom stereocenters. The van der Waals surface area contributed by atoms with Gasteiger partial charge in [-0.3, -0.25) is 0 Å². The summed E-state index contributed by atoms with van der Waals surface area (Å²) in [7, 11) is 0. The monoisotopic (exact) mass is 214 g/mol. The lowest BCUT2D eigenvalue weighted by atomic mass is 10.2. The molecular weight excluding hydrogens is 208 g/mol. The summed E-state index contributed by atoms with van der Waals surface area (Å²) in [6.45, 7) is 4.56. The fourth-order valence-electron chi connectivity index (χ4n) is 0.907. The smallest absolute Gasteiger partial charge is 0.0946 e. The number of ether oxygens (including phenoxy) is 1.